The number of carboxylic acid groups (broad SMARTS) is 1. The molecule has 4 heteroatoms. The number of hydrogen-bond donors (Lipinski definition) is 1. The van der Waals surface area contributed by atoms with Gasteiger partial charge in [-0.1, -0.05) is 13.0 Å². The highest BCUT2D eigenvalue weighted by Gasteiger charge is 2.45. The van der Waals surface area contributed by atoms with Crippen LogP contribution in [-0.4, -0.2) is 29.1 Å². The Labute approximate surface area is 106 Å². The molecule has 1 fully saturated rings. The Bertz CT molecular complexity index is 371. The Kier molecular flexibility index (Phi) is 3.84. The minimum Gasteiger partial charge on any atom is -0.481 e. The third kappa shape index (κ3) is 3.54. The van der Waals surface area contributed by atoms with Gasteiger partial charge in [0.1, 0.15) is 0 Å². The van der Waals surface area contributed by atoms with Gasteiger partial charge in [0.05, 0.1) is 6.42 Å². The minimum absolute atomic E-state index is 0.0686. The quantitative estimate of drug-likeness (QED) is 0.812. The van der Waals surface area contributed by atoms with Gasteiger partial charge in [-0.15, -0.1) is 11.3 Å². The first kappa shape index (κ1) is 12.6. The number of rotatable bonds is 7. The first-order valence-corrected chi connectivity index (χ1v) is 6.98. The van der Waals surface area contributed by atoms with E-state index in [1.54, 1.807) is 11.3 Å². The van der Waals surface area contributed by atoms with Gasteiger partial charge in [0.2, 0.25) is 0 Å². The zero-order valence-corrected chi connectivity index (χ0v) is 11.0. The van der Waals surface area contributed by atoms with Crippen LogP contribution in [0.3, 0.4) is 0 Å². The van der Waals surface area contributed by atoms with E-state index in [-0.39, 0.29) is 5.41 Å². The van der Waals surface area contributed by atoms with Gasteiger partial charge in [0, 0.05) is 18.0 Å². The smallest absolute Gasteiger partial charge is 0.303 e. The van der Waals surface area contributed by atoms with Gasteiger partial charge in [0.15, 0.2) is 0 Å². The summed E-state index contributed by atoms with van der Waals surface area (Å²) >= 11 is 1.77. The summed E-state index contributed by atoms with van der Waals surface area (Å²) in [5, 5.41) is 11.0. The molecule has 94 valence electrons. The summed E-state index contributed by atoms with van der Waals surface area (Å²) in [6.45, 7) is 5.01. The number of carbonyl (C=O) groups is 1. The molecular formula is C13H19NO2S. The number of carboxylic acids is 1. The largest absolute Gasteiger partial charge is 0.481 e. The van der Waals surface area contributed by atoms with Crippen LogP contribution in [0.25, 0.3) is 0 Å². The van der Waals surface area contributed by atoms with E-state index in [1.807, 2.05) is 0 Å². The molecule has 3 nitrogen and oxygen atoms in total. The Hall–Kier alpha value is -0.870. The molecule has 0 aromatic carbocycles. The van der Waals surface area contributed by atoms with Crippen molar-refractivity contribution < 1.29 is 9.90 Å². The SMILES string of the molecule is CCN(Cc1cccs1)CC1(CC(=O)O)CC1. The molecule has 1 N–H and O–H groups in total. The van der Waals surface area contributed by atoms with Crippen molar-refractivity contribution in [1.82, 2.24) is 4.90 Å². The third-order valence-electron chi connectivity index (χ3n) is 3.45. The summed E-state index contributed by atoms with van der Waals surface area (Å²) in [7, 11) is 0. The van der Waals surface area contributed by atoms with Crippen LogP contribution in [-0.2, 0) is 11.3 Å². The van der Waals surface area contributed by atoms with E-state index in [2.05, 4.69) is 29.3 Å². The second-order valence-electron chi connectivity index (χ2n) is 4.95. The minimum atomic E-state index is -0.658. The maximum Gasteiger partial charge on any atom is 0.303 e. The molecule has 2 rings (SSSR count). The highest BCUT2D eigenvalue weighted by molar-refractivity contribution is 7.09. The molecule has 0 spiro atoms. The van der Waals surface area contributed by atoms with Crippen molar-refractivity contribution in [3.8, 4) is 0 Å². The molecule has 1 saturated carbocycles. The molecule has 1 aromatic heterocycles. The van der Waals surface area contributed by atoms with Crippen molar-refractivity contribution in [2.24, 2.45) is 5.41 Å². The average Bonchev–Trinajstić information content (AvgIpc) is 2.81. The van der Waals surface area contributed by atoms with E-state index in [1.165, 1.54) is 4.88 Å². The zero-order chi connectivity index (χ0) is 12.3. The van der Waals surface area contributed by atoms with E-state index >= 15 is 0 Å². The van der Waals surface area contributed by atoms with Gasteiger partial charge in [-0.3, -0.25) is 9.69 Å². The lowest BCUT2D eigenvalue weighted by Crippen LogP contribution is -2.31. The molecule has 0 amide bonds. The van der Waals surface area contributed by atoms with Crippen LogP contribution in [0.4, 0.5) is 0 Å². The fourth-order valence-corrected chi connectivity index (χ4v) is 3.01. The monoisotopic (exact) mass is 253 g/mol. The molecule has 0 saturated heterocycles. The van der Waals surface area contributed by atoms with Gasteiger partial charge < -0.3 is 5.11 Å². The van der Waals surface area contributed by atoms with Crippen molar-refractivity contribution in [2.45, 2.75) is 32.7 Å². The lowest BCUT2D eigenvalue weighted by atomic mass is 10.0. The first-order valence-electron chi connectivity index (χ1n) is 6.10. The summed E-state index contributed by atoms with van der Waals surface area (Å²) in [5.74, 6) is -0.658. The fourth-order valence-electron chi connectivity index (χ4n) is 2.27. The van der Waals surface area contributed by atoms with Crippen molar-refractivity contribution in [1.29, 1.82) is 0 Å². The highest BCUT2D eigenvalue weighted by Crippen LogP contribution is 2.49. The van der Waals surface area contributed by atoms with Crippen molar-refractivity contribution in [3.63, 3.8) is 0 Å². The lowest BCUT2D eigenvalue weighted by Gasteiger charge is -2.24. The van der Waals surface area contributed by atoms with Crippen LogP contribution in [0, 0.1) is 5.41 Å². The van der Waals surface area contributed by atoms with E-state index in [9.17, 15) is 4.79 Å². The Morgan fingerprint density at radius 2 is 2.35 bits per heavy atom. The maximum atomic E-state index is 10.8. The molecule has 0 aliphatic heterocycles. The van der Waals surface area contributed by atoms with Crippen LogP contribution in [0.5, 0.6) is 0 Å². The van der Waals surface area contributed by atoms with Crippen molar-refractivity contribution in [2.75, 3.05) is 13.1 Å². The van der Waals surface area contributed by atoms with Crippen LogP contribution in [0.1, 0.15) is 31.1 Å². The molecule has 0 radical (unpaired) electrons. The molecule has 0 unspecified atom stereocenters. The molecule has 0 atom stereocenters. The topological polar surface area (TPSA) is 40.5 Å². The van der Waals surface area contributed by atoms with Gasteiger partial charge in [0.25, 0.3) is 0 Å². The number of hydrogen-bond acceptors (Lipinski definition) is 3. The summed E-state index contributed by atoms with van der Waals surface area (Å²) < 4.78 is 0. The molecule has 1 heterocycles. The van der Waals surface area contributed by atoms with Crippen LogP contribution in [0.15, 0.2) is 17.5 Å². The summed E-state index contributed by atoms with van der Waals surface area (Å²) in [5.41, 5.74) is 0.0686. The number of thiophene rings is 1. The number of aliphatic carboxylic acids is 1. The van der Waals surface area contributed by atoms with E-state index < -0.39 is 5.97 Å². The molecule has 1 aromatic rings. The second-order valence-corrected chi connectivity index (χ2v) is 5.99. The van der Waals surface area contributed by atoms with Gasteiger partial charge in [-0.05, 0) is 36.2 Å². The van der Waals surface area contributed by atoms with Crippen molar-refractivity contribution in [3.05, 3.63) is 22.4 Å². The molecule has 1 aliphatic rings. The average molecular weight is 253 g/mol. The second kappa shape index (κ2) is 5.19. The van der Waals surface area contributed by atoms with Crippen LogP contribution >= 0.6 is 11.3 Å². The molecular weight excluding hydrogens is 234 g/mol. The predicted octanol–water partition coefficient (Wildman–Crippen LogP) is 2.82. The Morgan fingerprint density at radius 3 is 2.82 bits per heavy atom. The normalized spacial score (nSPS) is 17.3. The van der Waals surface area contributed by atoms with Crippen LogP contribution in [0.2, 0.25) is 0 Å². The third-order valence-corrected chi connectivity index (χ3v) is 4.31. The van der Waals surface area contributed by atoms with E-state index in [4.69, 9.17) is 5.11 Å². The molecule has 17 heavy (non-hydrogen) atoms. The zero-order valence-electron chi connectivity index (χ0n) is 10.2. The highest BCUT2D eigenvalue weighted by atomic mass is 32.1. The predicted molar refractivity (Wildman–Crippen MR) is 69.2 cm³/mol. The van der Waals surface area contributed by atoms with Crippen LogP contribution < -0.4 is 0 Å². The first-order chi connectivity index (χ1) is 8.13. The van der Waals surface area contributed by atoms with Gasteiger partial charge in [-0.25, -0.2) is 0 Å². The Morgan fingerprint density at radius 1 is 1.59 bits per heavy atom. The summed E-state index contributed by atoms with van der Waals surface area (Å²) in [6, 6.07) is 4.21. The maximum absolute atomic E-state index is 10.8. The summed E-state index contributed by atoms with van der Waals surface area (Å²) in [6.07, 6.45) is 2.47. The fraction of sp³-hybridized carbons (Fsp3) is 0.615. The molecule has 0 bridgehead atoms. The van der Waals surface area contributed by atoms with E-state index in [0.717, 1.165) is 32.5 Å². The van der Waals surface area contributed by atoms with E-state index in [0.29, 0.717) is 6.42 Å². The molecule has 1 aliphatic carbocycles. The van der Waals surface area contributed by atoms with Crippen molar-refractivity contribution >= 4 is 17.3 Å². The standard InChI is InChI=1S/C13H19NO2S/c1-2-14(9-11-4-3-7-17-11)10-13(5-6-13)8-12(15)16/h3-4,7H,2,5-6,8-10H2,1H3,(H,15,16). The van der Waals surface area contributed by atoms with Gasteiger partial charge >= 0.3 is 5.97 Å². The number of nitrogens with zero attached hydrogens (tertiary/aromatic N) is 1. The Balaban J connectivity index is 1.89. The lowest BCUT2D eigenvalue weighted by molar-refractivity contribution is -0.138. The van der Waals surface area contributed by atoms with Gasteiger partial charge in [-0.2, -0.15) is 0 Å². The summed E-state index contributed by atoms with van der Waals surface area (Å²) in [4.78, 5) is 14.5.